The molecular weight excluding hydrogens is 495 g/mol. The molecule has 3 aromatic carbocycles. The fourth-order valence-corrected chi connectivity index (χ4v) is 4.55. The quantitative estimate of drug-likeness (QED) is 0.473. The Balaban J connectivity index is 1.44. The summed E-state index contributed by atoms with van der Waals surface area (Å²) in [6.45, 7) is 0.803. The number of hydrogen-bond donors (Lipinski definition) is 2. The molecule has 3 amide bonds. The van der Waals surface area contributed by atoms with Gasteiger partial charge in [0.2, 0.25) is 5.91 Å². The molecule has 0 saturated carbocycles. The first-order valence-corrected chi connectivity index (χ1v) is 12.4. The Labute approximate surface area is 218 Å². The summed E-state index contributed by atoms with van der Waals surface area (Å²) in [5, 5.41) is 5.75. The monoisotopic (exact) mass is 523 g/mol. The highest BCUT2D eigenvalue weighted by Gasteiger charge is 2.35. The lowest BCUT2D eigenvalue weighted by atomic mass is 9.88. The van der Waals surface area contributed by atoms with Crippen molar-refractivity contribution in [2.24, 2.45) is 5.92 Å². The summed E-state index contributed by atoms with van der Waals surface area (Å²) < 4.78 is 39.3. The van der Waals surface area contributed by atoms with E-state index in [2.05, 4.69) is 10.6 Å². The molecule has 0 radical (unpaired) electrons. The Bertz CT molecular complexity index is 1260. The Kier molecular flexibility index (Phi) is 8.45. The summed E-state index contributed by atoms with van der Waals surface area (Å²) in [6.07, 6.45) is -3.73. The van der Waals surface area contributed by atoms with Crippen LogP contribution in [0.15, 0.2) is 84.9 Å². The van der Waals surface area contributed by atoms with Gasteiger partial charge in [0, 0.05) is 30.8 Å². The maximum absolute atomic E-state index is 13.2. The molecule has 1 aliphatic rings. The highest BCUT2D eigenvalue weighted by Crippen LogP contribution is 2.30. The lowest BCUT2D eigenvalue weighted by molar-refractivity contribution is -0.137. The van der Waals surface area contributed by atoms with Gasteiger partial charge >= 0.3 is 6.18 Å². The largest absolute Gasteiger partial charge is 0.416 e. The normalized spacial score (nSPS) is 15.0. The van der Waals surface area contributed by atoms with Crippen LogP contribution in [-0.4, -0.2) is 41.8 Å². The van der Waals surface area contributed by atoms with Gasteiger partial charge in [-0.05, 0) is 54.7 Å². The molecule has 38 heavy (non-hydrogen) atoms. The third kappa shape index (κ3) is 6.79. The summed E-state index contributed by atoms with van der Waals surface area (Å²) in [6, 6.07) is 21.5. The van der Waals surface area contributed by atoms with Gasteiger partial charge in [-0.15, -0.1) is 0 Å². The van der Waals surface area contributed by atoms with Crippen molar-refractivity contribution in [1.82, 2.24) is 15.5 Å². The Morgan fingerprint density at radius 2 is 1.45 bits per heavy atom. The summed E-state index contributed by atoms with van der Waals surface area (Å²) in [5.41, 5.74) is 0.422. The SMILES string of the molecule is O=C(N[C@@H](C(=O)NCc1ccccc1)C1CCN(C(=O)c2cccc(C(F)(F)F)c2)CC1)c1ccccc1. The van der Waals surface area contributed by atoms with E-state index in [-0.39, 0.29) is 36.4 Å². The van der Waals surface area contributed by atoms with E-state index in [1.54, 1.807) is 30.3 Å². The van der Waals surface area contributed by atoms with E-state index in [0.29, 0.717) is 24.9 Å². The van der Waals surface area contributed by atoms with Crippen LogP contribution in [0.4, 0.5) is 13.2 Å². The molecule has 198 valence electrons. The van der Waals surface area contributed by atoms with Crippen molar-refractivity contribution in [2.45, 2.75) is 31.6 Å². The van der Waals surface area contributed by atoms with E-state index in [9.17, 15) is 27.6 Å². The summed E-state index contributed by atoms with van der Waals surface area (Å²) in [4.78, 5) is 40.5. The van der Waals surface area contributed by atoms with Gasteiger partial charge in [-0.25, -0.2) is 0 Å². The van der Waals surface area contributed by atoms with Crippen LogP contribution in [-0.2, 0) is 17.5 Å². The van der Waals surface area contributed by atoms with Gasteiger partial charge in [0.15, 0.2) is 0 Å². The van der Waals surface area contributed by atoms with Crippen molar-refractivity contribution in [1.29, 1.82) is 0 Å². The Morgan fingerprint density at radius 3 is 2.08 bits per heavy atom. The van der Waals surface area contributed by atoms with E-state index in [1.165, 1.54) is 17.0 Å². The van der Waals surface area contributed by atoms with Crippen molar-refractivity contribution in [3.05, 3.63) is 107 Å². The van der Waals surface area contributed by atoms with E-state index in [1.807, 2.05) is 30.3 Å². The molecule has 3 aromatic rings. The maximum atomic E-state index is 13.2. The molecule has 0 unspecified atom stereocenters. The van der Waals surface area contributed by atoms with Crippen LogP contribution in [0.2, 0.25) is 0 Å². The number of halogens is 3. The standard InChI is InChI=1S/C29H28F3N3O3/c30-29(31,32)24-13-7-12-23(18-24)28(38)35-16-14-21(15-17-35)25(34-26(36)22-10-5-2-6-11-22)27(37)33-19-20-8-3-1-4-9-20/h1-13,18,21,25H,14-17,19H2,(H,33,37)(H,34,36)/t25-/m1/s1. The molecule has 0 spiro atoms. The molecule has 1 saturated heterocycles. The zero-order valence-corrected chi connectivity index (χ0v) is 20.6. The fraction of sp³-hybridized carbons (Fsp3) is 0.276. The maximum Gasteiger partial charge on any atom is 0.416 e. The lowest BCUT2D eigenvalue weighted by Crippen LogP contribution is -2.53. The van der Waals surface area contributed by atoms with Gasteiger partial charge in [-0.2, -0.15) is 13.2 Å². The van der Waals surface area contributed by atoms with Crippen LogP contribution in [0.3, 0.4) is 0 Å². The molecule has 1 atom stereocenters. The Hall–Kier alpha value is -4.14. The predicted octanol–water partition coefficient (Wildman–Crippen LogP) is 4.67. The summed E-state index contributed by atoms with van der Waals surface area (Å²) >= 11 is 0. The van der Waals surface area contributed by atoms with Crippen molar-refractivity contribution in [2.75, 3.05) is 13.1 Å². The minimum Gasteiger partial charge on any atom is -0.350 e. The van der Waals surface area contributed by atoms with Crippen molar-refractivity contribution >= 4 is 17.7 Å². The number of amides is 3. The molecule has 4 rings (SSSR count). The second-order valence-electron chi connectivity index (χ2n) is 9.23. The number of benzene rings is 3. The number of carbonyl (C=O) groups excluding carboxylic acids is 3. The summed E-state index contributed by atoms with van der Waals surface area (Å²) in [7, 11) is 0. The molecular formula is C29H28F3N3O3. The van der Waals surface area contributed by atoms with Crippen molar-refractivity contribution in [3.63, 3.8) is 0 Å². The number of nitrogens with zero attached hydrogens (tertiary/aromatic N) is 1. The van der Waals surface area contributed by atoms with Crippen LogP contribution in [0, 0.1) is 5.92 Å². The minimum absolute atomic E-state index is 0.0344. The average Bonchev–Trinajstić information content (AvgIpc) is 2.95. The second-order valence-corrected chi connectivity index (χ2v) is 9.23. The van der Waals surface area contributed by atoms with E-state index in [0.717, 1.165) is 17.7 Å². The molecule has 2 N–H and O–H groups in total. The van der Waals surface area contributed by atoms with Crippen LogP contribution < -0.4 is 10.6 Å². The van der Waals surface area contributed by atoms with Crippen molar-refractivity contribution < 1.29 is 27.6 Å². The van der Waals surface area contributed by atoms with Crippen LogP contribution in [0.25, 0.3) is 0 Å². The van der Waals surface area contributed by atoms with Gasteiger partial charge in [-0.3, -0.25) is 14.4 Å². The molecule has 1 aliphatic heterocycles. The smallest absolute Gasteiger partial charge is 0.350 e. The minimum atomic E-state index is -4.54. The number of hydrogen-bond acceptors (Lipinski definition) is 3. The molecule has 9 heteroatoms. The lowest BCUT2D eigenvalue weighted by Gasteiger charge is -2.36. The number of likely N-dealkylation sites (tertiary alicyclic amines) is 1. The number of rotatable bonds is 7. The molecule has 1 fully saturated rings. The number of alkyl halides is 3. The van der Waals surface area contributed by atoms with Crippen LogP contribution in [0.5, 0.6) is 0 Å². The van der Waals surface area contributed by atoms with Crippen molar-refractivity contribution in [3.8, 4) is 0 Å². The topological polar surface area (TPSA) is 78.5 Å². The first kappa shape index (κ1) is 26.9. The molecule has 1 heterocycles. The Morgan fingerprint density at radius 1 is 0.842 bits per heavy atom. The molecule has 6 nitrogen and oxygen atoms in total. The van der Waals surface area contributed by atoms with Gasteiger partial charge < -0.3 is 15.5 Å². The molecule has 0 aliphatic carbocycles. The van der Waals surface area contributed by atoms with Gasteiger partial charge in [0.1, 0.15) is 6.04 Å². The van der Waals surface area contributed by atoms with Gasteiger partial charge in [0.05, 0.1) is 5.56 Å². The number of nitrogens with one attached hydrogen (secondary N) is 2. The van der Waals surface area contributed by atoms with Gasteiger partial charge in [0.25, 0.3) is 11.8 Å². The van der Waals surface area contributed by atoms with Crippen LogP contribution in [0.1, 0.15) is 44.7 Å². The van der Waals surface area contributed by atoms with E-state index >= 15 is 0 Å². The zero-order valence-electron chi connectivity index (χ0n) is 20.6. The first-order valence-electron chi connectivity index (χ1n) is 12.4. The predicted molar refractivity (Wildman–Crippen MR) is 136 cm³/mol. The fourth-order valence-electron chi connectivity index (χ4n) is 4.55. The number of carbonyl (C=O) groups is 3. The third-order valence-corrected chi connectivity index (χ3v) is 6.65. The molecule has 0 bridgehead atoms. The highest BCUT2D eigenvalue weighted by molar-refractivity contribution is 5.97. The highest BCUT2D eigenvalue weighted by atomic mass is 19.4. The molecule has 0 aromatic heterocycles. The van der Waals surface area contributed by atoms with E-state index in [4.69, 9.17) is 0 Å². The van der Waals surface area contributed by atoms with Crippen LogP contribution >= 0.6 is 0 Å². The zero-order chi connectivity index (χ0) is 27.1. The summed E-state index contributed by atoms with van der Waals surface area (Å²) in [5.74, 6) is -1.47. The average molecular weight is 524 g/mol. The third-order valence-electron chi connectivity index (χ3n) is 6.65. The number of piperidine rings is 1. The second kappa shape index (κ2) is 11.9. The van der Waals surface area contributed by atoms with Gasteiger partial charge in [-0.1, -0.05) is 54.6 Å². The first-order chi connectivity index (χ1) is 18.2. The van der Waals surface area contributed by atoms with E-state index < -0.39 is 23.7 Å².